The molecule has 8 nitrogen and oxygen atoms in total. The number of carbonyl (C=O) groups is 2. The molecule has 0 fully saturated rings. The quantitative estimate of drug-likeness (QED) is 0.388. The zero-order valence-electron chi connectivity index (χ0n) is 23.0. The number of carbonyl (C=O) groups excluding carboxylic acids is 2. The van der Waals surface area contributed by atoms with Crippen molar-refractivity contribution in [1.29, 1.82) is 0 Å². The van der Waals surface area contributed by atoms with Crippen LogP contribution in [0.4, 0.5) is 10.2 Å². The fourth-order valence-electron chi connectivity index (χ4n) is 4.55. The topological polar surface area (TPSA) is 85.7 Å². The number of thioether (sulfide) groups is 1. The van der Waals surface area contributed by atoms with Crippen molar-refractivity contribution < 1.29 is 23.5 Å². The fourth-order valence-corrected chi connectivity index (χ4v) is 5.74. The monoisotopic (exact) mass is 554 g/mol. The number of nitrogens with zero attached hydrogens (tertiary/aromatic N) is 3. The molecule has 3 aromatic rings. The van der Waals surface area contributed by atoms with E-state index in [2.05, 4.69) is 26.1 Å². The zero-order chi connectivity index (χ0) is 28.2. The second-order valence-corrected chi connectivity index (χ2v) is 11.5. The van der Waals surface area contributed by atoms with Gasteiger partial charge in [0.05, 0.1) is 29.5 Å². The minimum Gasteiger partial charge on any atom is -0.497 e. The number of amides is 2. The lowest BCUT2D eigenvalue weighted by molar-refractivity contribution is -0.122. The molecule has 0 radical (unpaired) electrons. The lowest BCUT2D eigenvalue weighted by atomic mass is 9.87. The maximum absolute atomic E-state index is 14.4. The number of aromatic nitrogens is 2. The summed E-state index contributed by atoms with van der Waals surface area (Å²) in [6, 6.07) is 13.8. The molecular weight excluding hydrogens is 519 g/mol. The number of methoxy groups -OCH3 is 2. The van der Waals surface area contributed by atoms with Gasteiger partial charge in [0.15, 0.2) is 0 Å². The first-order valence-electron chi connectivity index (χ1n) is 12.8. The van der Waals surface area contributed by atoms with Crippen molar-refractivity contribution in [2.45, 2.75) is 37.9 Å². The Kier molecular flexibility index (Phi) is 8.97. The summed E-state index contributed by atoms with van der Waals surface area (Å²) in [4.78, 5) is 28.2. The maximum Gasteiger partial charge on any atom is 0.240 e. The highest BCUT2D eigenvalue weighted by Crippen LogP contribution is 2.48. The Bertz CT molecular complexity index is 1320. The smallest absolute Gasteiger partial charge is 0.240 e. The molecule has 0 aliphatic carbocycles. The molecule has 0 unspecified atom stereocenters. The molecule has 1 aliphatic heterocycles. The average molecular weight is 555 g/mol. The summed E-state index contributed by atoms with van der Waals surface area (Å²) in [7, 11) is 3.21. The zero-order valence-corrected chi connectivity index (χ0v) is 23.8. The molecule has 1 aliphatic rings. The molecule has 1 atom stereocenters. The van der Waals surface area contributed by atoms with Crippen molar-refractivity contribution in [3.8, 4) is 11.4 Å². The second-order valence-electron chi connectivity index (χ2n) is 10.4. The van der Waals surface area contributed by atoms with Gasteiger partial charge in [-0.2, -0.15) is 5.10 Å². The highest BCUT2D eigenvalue weighted by molar-refractivity contribution is 8.00. The number of ether oxygens (including phenoxy) is 2. The number of benzene rings is 2. The van der Waals surface area contributed by atoms with Gasteiger partial charge in [0.2, 0.25) is 11.8 Å². The third-order valence-electron chi connectivity index (χ3n) is 6.42. The van der Waals surface area contributed by atoms with Crippen molar-refractivity contribution in [2.24, 2.45) is 0 Å². The predicted octanol–water partition coefficient (Wildman–Crippen LogP) is 4.64. The normalized spacial score (nSPS) is 15.6. The van der Waals surface area contributed by atoms with Gasteiger partial charge in [0, 0.05) is 31.2 Å². The van der Waals surface area contributed by atoms with Gasteiger partial charge in [-0.05, 0) is 48.4 Å². The van der Waals surface area contributed by atoms with Crippen molar-refractivity contribution >= 4 is 29.4 Å². The minimum absolute atomic E-state index is 0.124. The van der Waals surface area contributed by atoms with Crippen LogP contribution in [0.3, 0.4) is 0 Å². The summed E-state index contributed by atoms with van der Waals surface area (Å²) in [5, 5.41) is 7.55. The van der Waals surface area contributed by atoms with E-state index in [0.717, 1.165) is 16.8 Å². The molecule has 0 saturated heterocycles. The van der Waals surface area contributed by atoms with Gasteiger partial charge in [0.25, 0.3) is 0 Å². The number of halogens is 1. The van der Waals surface area contributed by atoms with Crippen LogP contribution in [0.5, 0.6) is 5.75 Å². The lowest BCUT2D eigenvalue weighted by Crippen LogP contribution is -2.42. The van der Waals surface area contributed by atoms with E-state index in [1.165, 1.54) is 28.8 Å². The number of anilines is 1. The highest BCUT2D eigenvalue weighted by atomic mass is 32.2. The van der Waals surface area contributed by atoms with Gasteiger partial charge in [-0.1, -0.05) is 32.9 Å². The van der Waals surface area contributed by atoms with E-state index >= 15 is 0 Å². The van der Waals surface area contributed by atoms with Crippen molar-refractivity contribution in [3.05, 3.63) is 71.2 Å². The number of fused-ring (bicyclic) bond motifs is 1. The molecule has 1 aromatic heterocycles. The number of nitrogens with one attached hydrogen (secondary N) is 1. The van der Waals surface area contributed by atoms with Gasteiger partial charge in [-0.15, -0.1) is 11.8 Å². The first kappa shape index (κ1) is 28.6. The van der Waals surface area contributed by atoms with Gasteiger partial charge < -0.3 is 14.8 Å². The van der Waals surface area contributed by atoms with E-state index in [4.69, 9.17) is 14.6 Å². The molecule has 0 saturated carbocycles. The molecule has 4 rings (SSSR count). The molecule has 0 bridgehead atoms. The standard InChI is InChI=1S/C29H35FN4O4S/c1-29(2,3)27-25-26(19-8-6-9-20(30)16-19)39-18-24(36)33(17-23(35)31-14-7-15-37-4)28(25)34(32-27)21-10-12-22(38-5)13-11-21/h6,8-13,16,26H,7,14-15,17-18H2,1-5H3,(H,31,35)/t26-/m0/s1. The van der Waals surface area contributed by atoms with E-state index in [0.29, 0.717) is 36.8 Å². The Labute approximate surface area is 232 Å². The van der Waals surface area contributed by atoms with Crippen LogP contribution in [-0.2, 0) is 19.7 Å². The van der Waals surface area contributed by atoms with Gasteiger partial charge in [-0.25, -0.2) is 9.07 Å². The molecule has 208 valence electrons. The van der Waals surface area contributed by atoms with Crippen LogP contribution in [0.1, 0.15) is 49.3 Å². The molecule has 10 heteroatoms. The first-order valence-corrected chi connectivity index (χ1v) is 13.9. The molecule has 39 heavy (non-hydrogen) atoms. The molecule has 2 aromatic carbocycles. The van der Waals surface area contributed by atoms with Crippen LogP contribution < -0.4 is 15.0 Å². The third-order valence-corrected chi connectivity index (χ3v) is 7.67. The molecule has 2 amide bonds. The van der Waals surface area contributed by atoms with Crippen LogP contribution >= 0.6 is 11.8 Å². The first-order chi connectivity index (χ1) is 18.6. The Morgan fingerprint density at radius 3 is 2.56 bits per heavy atom. The summed E-state index contributed by atoms with van der Waals surface area (Å²) in [5.41, 5.74) is 2.61. The largest absolute Gasteiger partial charge is 0.497 e. The van der Waals surface area contributed by atoms with Gasteiger partial charge >= 0.3 is 0 Å². The Hall–Kier alpha value is -3.37. The Morgan fingerprint density at radius 2 is 1.92 bits per heavy atom. The predicted molar refractivity (Wildman–Crippen MR) is 151 cm³/mol. The molecule has 2 heterocycles. The van der Waals surface area contributed by atoms with Crippen LogP contribution in [-0.4, -0.2) is 61.3 Å². The van der Waals surface area contributed by atoms with E-state index in [-0.39, 0.29) is 35.2 Å². The highest BCUT2D eigenvalue weighted by Gasteiger charge is 2.40. The molecule has 1 N–H and O–H groups in total. The second kappa shape index (κ2) is 12.2. The minimum atomic E-state index is -0.407. The van der Waals surface area contributed by atoms with Gasteiger partial charge in [0.1, 0.15) is 23.9 Å². The summed E-state index contributed by atoms with van der Waals surface area (Å²) >= 11 is 1.42. The van der Waals surface area contributed by atoms with E-state index in [1.807, 2.05) is 30.3 Å². The molecular formula is C29H35FN4O4S. The van der Waals surface area contributed by atoms with Crippen molar-refractivity contribution in [2.75, 3.05) is 44.6 Å². The summed E-state index contributed by atoms with van der Waals surface area (Å²) in [6.07, 6.45) is 0.664. The van der Waals surface area contributed by atoms with Crippen LogP contribution in [0.15, 0.2) is 48.5 Å². The Morgan fingerprint density at radius 1 is 1.18 bits per heavy atom. The number of rotatable bonds is 9. The van der Waals surface area contributed by atoms with Crippen LogP contribution in [0.25, 0.3) is 5.69 Å². The average Bonchev–Trinajstić information content (AvgIpc) is 3.24. The maximum atomic E-state index is 14.4. The van der Waals surface area contributed by atoms with E-state index in [1.54, 1.807) is 25.0 Å². The lowest BCUT2D eigenvalue weighted by Gasteiger charge is -2.24. The van der Waals surface area contributed by atoms with Gasteiger partial charge in [-0.3, -0.25) is 14.5 Å². The number of hydrogen-bond donors (Lipinski definition) is 1. The van der Waals surface area contributed by atoms with Crippen molar-refractivity contribution in [1.82, 2.24) is 15.1 Å². The summed E-state index contributed by atoms with van der Waals surface area (Å²) in [5.74, 6) is 0.476. The van der Waals surface area contributed by atoms with E-state index < -0.39 is 5.41 Å². The Balaban J connectivity index is 1.90. The SMILES string of the molecule is COCCCNC(=O)CN1C(=O)CS[C@@H](c2cccc(F)c2)c2c(C(C)(C)C)nn(-c3ccc(OC)cc3)c21. The summed E-state index contributed by atoms with van der Waals surface area (Å²) in [6.45, 7) is 6.97. The third kappa shape index (κ3) is 6.45. The number of hydrogen-bond acceptors (Lipinski definition) is 6. The van der Waals surface area contributed by atoms with Crippen LogP contribution in [0.2, 0.25) is 0 Å². The van der Waals surface area contributed by atoms with E-state index in [9.17, 15) is 14.0 Å². The van der Waals surface area contributed by atoms with Crippen LogP contribution in [0, 0.1) is 5.82 Å². The fraction of sp³-hybridized carbons (Fsp3) is 0.414. The summed E-state index contributed by atoms with van der Waals surface area (Å²) < 4.78 is 26.5. The molecule has 0 spiro atoms. The van der Waals surface area contributed by atoms with Crippen molar-refractivity contribution in [3.63, 3.8) is 0 Å².